The minimum Gasteiger partial charge on any atom is -0.495 e. The molecule has 0 fully saturated rings. The van der Waals surface area contributed by atoms with Gasteiger partial charge in [0.2, 0.25) is 5.91 Å². The molecule has 0 saturated heterocycles. The summed E-state index contributed by atoms with van der Waals surface area (Å²) in [7, 11) is 1.59. The number of anilines is 1. The van der Waals surface area contributed by atoms with Crippen LogP contribution in [0.4, 0.5) is 5.69 Å². The first-order valence-corrected chi connectivity index (χ1v) is 9.05. The molecular weight excluding hydrogens is 338 g/mol. The zero-order chi connectivity index (χ0) is 19.4. The summed E-state index contributed by atoms with van der Waals surface area (Å²) in [6, 6.07) is 15.4. The van der Waals surface area contributed by atoms with E-state index in [2.05, 4.69) is 15.6 Å². The number of nitrogens with one attached hydrogen (secondary N) is 2. The number of aryl methyl sites for hydroxylation is 1. The lowest BCUT2D eigenvalue weighted by Gasteiger charge is -2.21. The van der Waals surface area contributed by atoms with Crippen LogP contribution in [-0.4, -0.2) is 24.0 Å². The van der Waals surface area contributed by atoms with Gasteiger partial charge in [0, 0.05) is 17.6 Å². The summed E-state index contributed by atoms with van der Waals surface area (Å²) in [5.74, 6) is 0.534. The van der Waals surface area contributed by atoms with E-state index in [1.165, 1.54) is 0 Å². The van der Waals surface area contributed by atoms with Crippen LogP contribution in [0.5, 0.6) is 5.75 Å². The van der Waals surface area contributed by atoms with Crippen LogP contribution in [0, 0.1) is 6.92 Å². The molecule has 2 N–H and O–H groups in total. The molecule has 0 aliphatic heterocycles. The number of carbonyl (C=O) groups is 1. The molecule has 0 aliphatic carbocycles. The fourth-order valence-corrected chi connectivity index (χ4v) is 3.18. The van der Waals surface area contributed by atoms with Crippen LogP contribution in [-0.2, 0) is 4.79 Å². The summed E-state index contributed by atoms with van der Waals surface area (Å²) >= 11 is 0. The number of hydrogen-bond donors (Lipinski definition) is 2. The predicted molar refractivity (Wildman–Crippen MR) is 109 cm³/mol. The van der Waals surface area contributed by atoms with E-state index in [1.54, 1.807) is 13.3 Å². The number of nitrogens with zero attached hydrogens (tertiary/aromatic N) is 1. The maximum atomic E-state index is 12.7. The van der Waals surface area contributed by atoms with Crippen molar-refractivity contribution in [3.8, 4) is 5.75 Å². The summed E-state index contributed by atoms with van der Waals surface area (Å²) in [4.78, 5) is 17.2. The second-order valence-electron chi connectivity index (χ2n) is 6.73. The lowest BCUT2D eigenvalue weighted by atomic mass is 10.0. The van der Waals surface area contributed by atoms with E-state index in [9.17, 15) is 4.79 Å². The third kappa shape index (κ3) is 4.26. The molecular formula is C22H25N3O2. The van der Waals surface area contributed by atoms with Gasteiger partial charge in [0.05, 0.1) is 24.4 Å². The molecule has 0 spiro atoms. The molecule has 5 heteroatoms. The first-order chi connectivity index (χ1) is 13.0. The highest BCUT2D eigenvalue weighted by Gasteiger charge is 2.19. The number of aromatic nitrogens is 1. The van der Waals surface area contributed by atoms with Gasteiger partial charge in [-0.1, -0.05) is 30.3 Å². The van der Waals surface area contributed by atoms with Crippen molar-refractivity contribution in [3.05, 3.63) is 65.9 Å². The zero-order valence-corrected chi connectivity index (χ0v) is 16.1. The maximum absolute atomic E-state index is 12.7. The van der Waals surface area contributed by atoms with Crippen LogP contribution < -0.4 is 15.4 Å². The lowest BCUT2D eigenvalue weighted by molar-refractivity contribution is -0.117. The van der Waals surface area contributed by atoms with Crippen molar-refractivity contribution in [1.82, 2.24) is 10.3 Å². The van der Waals surface area contributed by atoms with Crippen molar-refractivity contribution in [1.29, 1.82) is 0 Å². The Morgan fingerprint density at radius 1 is 1.11 bits per heavy atom. The molecule has 3 rings (SSSR count). The number of pyridine rings is 1. The number of rotatable bonds is 6. The smallest absolute Gasteiger partial charge is 0.241 e. The summed E-state index contributed by atoms with van der Waals surface area (Å²) in [5.41, 5.74) is 3.76. The minimum absolute atomic E-state index is 0.0243. The number of amides is 1. The number of benzene rings is 2. The van der Waals surface area contributed by atoms with Gasteiger partial charge in [0.25, 0.3) is 0 Å². The average Bonchev–Trinajstić information content (AvgIpc) is 2.67. The number of ether oxygens (including phenoxy) is 1. The van der Waals surface area contributed by atoms with Gasteiger partial charge in [0.1, 0.15) is 5.75 Å². The first kappa shape index (κ1) is 18.9. The monoisotopic (exact) mass is 363 g/mol. The molecule has 1 aromatic heterocycles. The number of methoxy groups -OCH3 is 1. The molecule has 1 amide bonds. The summed E-state index contributed by atoms with van der Waals surface area (Å²) in [6.45, 7) is 5.87. The Kier molecular flexibility index (Phi) is 5.72. The lowest BCUT2D eigenvalue weighted by Crippen LogP contribution is -2.39. The Morgan fingerprint density at radius 3 is 2.67 bits per heavy atom. The van der Waals surface area contributed by atoms with Crippen molar-refractivity contribution in [2.45, 2.75) is 32.9 Å². The Balaban J connectivity index is 1.73. The standard InChI is InChI=1S/C22H25N3O2/c1-14-10-11-20(27-4)19(13-14)25-22(26)16(3)24-15(2)18-9-5-7-17-8-6-12-23-21(17)18/h5-13,15-16,24H,1-4H3,(H,25,26). The molecule has 0 radical (unpaired) electrons. The summed E-state index contributed by atoms with van der Waals surface area (Å²) < 4.78 is 5.34. The van der Waals surface area contributed by atoms with E-state index >= 15 is 0 Å². The van der Waals surface area contributed by atoms with Crippen molar-refractivity contribution < 1.29 is 9.53 Å². The topological polar surface area (TPSA) is 63.2 Å². The SMILES string of the molecule is COc1ccc(C)cc1NC(=O)C(C)NC(C)c1cccc2cccnc12. The van der Waals surface area contributed by atoms with E-state index in [1.807, 2.05) is 69.3 Å². The Morgan fingerprint density at radius 2 is 1.89 bits per heavy atom. The molecule has 0 aliphatic rings. The van der Waals surface area contributed by atoms with Gasteiger partial charge in [-0.2, -0.15) is 0 Å². The highest BCUT2D eigenvalue weighted by Crippen LogP contribution is 2.26. The number of hydrogen-bond acceptors (Lipinski definition) is 4. The van der Waals surface area contributed by atoms with Gasteiger partial charge in [-0.3, -0.25) is 15.1 Å². The van der Waals surface area contributed by atoms with Crippen LogP contribution in [0.25, 0.3) is 10.9 Å². The predicted octanol–water partition coefficient (Wildman–Crippen LogP) is 4.23. The van der Waals surface area contributed by atoms with Crippen molar-refractivity contribution in [2.24, 2.45) is 0 Å². The third-order valence-corrected chi connectivity index (χ3v) is 4.64. The van der Waals surface area contributed by atoms with E-state index in [-0.39, 0.29) is 18.0 Å². The fraction of sp³-hybridized carbons (Fsp3) is 0.273. The highest BCUT2D eigenvalue weighted by atomic mass is 16.5. The van der Waals surface area contributed by atoms with Gasteiger partial charge in [-0.15, -0.1) is 0 Å². The normalized spacial score (nSPS) is 13.2. The zero-order valence-electron chi connectivity index (χ0n) is 16.1. The maximum Gasteiger partial charge on any atom is 0.241 e. The summed E-state index contributed by atoms with van der Waals surface area (Å²) in [5, 5.41) is 7.41. The highest BCUT2D eigenvalue weighted by molar-refractivity contribution is 5.96. The van der Waals surface area contributed by atoms with Gasteiger partial charge in [-0.05, 0) is 50.1 Å². The minimum atomic E-state index is -0.385. The fourth-order valence-electron chi connectivity index (χ4n) is 3.18. The van der Waals surface area contributed by atoms with Crippen LogP contribution >= 0.6 is 0 Å². The quantitative estimate of drug-likeness (QED) is 0.688. The van der Waals surface area contributed by atoms with Gasteiger partial charge < -0.3 is 10.1 Å². The molecule has 0 saturated carbocycles. The number of para-hydroxylation sites is 1. The van der Waals surface area contributed by atoms with Gasteiger partial charge >= 0.3 is 0 Å². The number of fused-ring (bicyclic) bond motifs is 1. The van der Waals surface area contributed by atoms with Gasteiger partial charge in [-0.25, -0.2) is 0 Å². The molecule has 1 heterocycles. The van der Waals surface area contributed by atoms with Crippen LogP contribution in [0.15, 0.2) is 54.7 Å². The van der Waals surface area contributed by atoms with E-state index in [4.69, 9.17) is 4.74 Å². The average molecular weight is 363 g/mol. The molecule has 140 valence electrons. The van der Waals surface area contributed by atoms with Crippen molar-refractivity contribution in [2.75, 3.05) is 12.4 Å². The van der Waals surface area contributed by atoms with E-state index < -0.39 is 0 Å². The number of carbonyl (C=O) groups excluding carboxylic acids is 1. The largest absolute Gasteiger partial charge is 0.495 e. The van der Waals surface area contributed by atoms with Gasteiger partial charge in [0.15, 0.2) is 0 Å². The van der Waals surface area contributed by atoms with Crippen molar-refractivity contribution in [3.63, 3.8) is 0 Å². The van der Waals surface area contributed by atoms with Crippen LogP contribution in [0.3, 0.4) is 0 Å². The second-order valence-corrected chi connectivity index (χ2v) is 6.73. The second kappa shape index (κ2) is 8.18. The Bertz CT molecular complexity index is 950. The molecule has 27 heavy (non-hydrogen) atoms. The Hall–Kier alpha value is -2.92. The molecule has 2 atom stereocenters. The van der Waals surface area contributed by atoms with Crippen LogP contribution in [0.1, 0.15) is 31.0 Å². The van der Waals surface area contributed by atoms with E-state index in [0.29, 0.717) is 11.4 Å². The third-order valence-electron chi connectivity index (χ3n) is 4.64. The van der Waals surface area contributed by atoms with E-state index in [0.717, 1.165) is 22.0 Å². The molecule has 2 unspecified atom stereocenters. The summed E-state index contributed by atoms with van der Waals surface area (Å²) in [6.07, 6.45) is 1.79. The molecule has 3 aromatic rings. The van der Waals surface area contributed by atoms with Crippen LogP contribution in [0.2, 0.25) is 0 Å². The Labute approximate surface area is 159 Å². The molecule has 5 nitrogen and oxygen atoms in total. The molecule has 0 bridgehead atoms. The van der Waals surface area contributed by atoms with Crippen molar-refractivity contribution >= 4 is 22.5 Å². The first-order valence-electron chi connectivity index (χ1n) is 9.05. The molecule has 2 aromatic carbocycles.